The van der Waals surface area contributed by atoms with E-state index in [2.05, 4.69) is 0 Å². The Labute approximate surface area is 94.2 Å². The molecule has 3 N–H and O–H groups in total. The number of nitrogen functional groups attached to an aromatic ring is 1. The van der Waals surface area contributed by atoms with Gasteiger partial charge in [0.1, 0.15) is 17.3 Å². The van der Waals surface area contributed by atoms with E-state index in [0.717, 1.165) is 11.5 Å². The van der Waals surface area contributed by atoms with Crippen LogP contribution in [0.5, 0.6) is 5.75 Å². The van der Waals surface area contributed by atoms with E-state index in [1.54, 1.807) is 30.4 Å². The van der Waals surface area contributed by atoms with E-state index in [1.165, 1.54) is 0 Å². The number of hydrogen-bond acceptors (Lipinski definition) is 3. The van der Waals surface area contributed by atoms with Crippen LogP contribution in [0.2, 0.25) is 0 Å². The van der Waals surface area contributed by atoms with Gasteiger partial charge in [0.15, 0.2) is 0 Å². The standard InChI is InChI=1S/C13H13NO2/c14-10-4-7-13(8-5-10)16-12-3-1-2-11(15)6-9-12/h1-2,4-9,15H,3,14H2. The highest BCUT2D eigenvalue weighted by Gasteiger charge is 2.01. The Morgan fingerprint density at radius 2 is 1.88 bits per heavy atom. The fourth-order valence-electron chi connectivity index (χ4n) is 1.36. The van der Waals surface area contributed by atoms with Gasteiger partial charge in [-0.05, 0) is 42.5 Å². The van der Waals surface area contributed by atoms with Gasteiger partial charge in [-0.15, -0.1) is 0 Å². The van der Waals surface area contributed by atoms with E-state index in [-0.39, 0.29) is 5.76 Å². The van der Waals surface area contributed by atoms with Crippen LogP contribution in [-0.4, -0.2) is 5.11 Å². The summed E-state index contributed by atoms with van der Waals surface area (Å²) in [5.74, 6) is 1.75. The molecule has 0 amide bonds. The molecule has 16 heavy (non-hydrogen) atoms. The van der Waals surface area contributed by atoms with E-state index in [1.807, 2.05) is 18.2 Å². The molecule has 1 aliphatic carbocycles. The molecule has 3 heteroatoms. The van der Waals surface area contributed by atoms with Crippen molar-refractivity contribution in [3.63, 3.8) is 0 Å². The lowest BCUT2D eigenvalue weighted by atomic mass is 10.3. The number of ether oxygens (including phenoxy) is 1. The average molecular weight is 215 g/mol. The molecule has 0 bridgehead atoms. The average Bonchev–Trinajstić information content (AvgIpc) is 2.47. The molecule has 0 unspecified atom stereocenters. The molecular weight excluding hydrogens is 202 g/mol. The minimum atomic E-state index is 0.232. The first-order valence-electron chi connectivity index (χ1n) is 5.04. The molecule has 0 saturated heterocycles. The first-order chi connectivity index (χ1) is 7.74. The molecule has 2 rings (SSSR count). The monoisotopic (exact) mass is 215 g/mol. The van der Waals surface area contributed by atoms with Gasteiger partial charge in [-0.1, -0.05) is 6.08 Å². The molecule has 3 nitrogen and oxygen atoms in total. The van der Waals surface area contributed by atoms with Gasteiger partial charge in [0.2, 0.25) is 0 Å². The second kappa shape index (κ2) is 4.57. The number of rotatable bonds is 2. The number of allylic oxidation sites excluding steroid dienone is 4. The molecular formula is C13H13NO2. The van der Waals surface area contributed by atoms with Gasteiger partial charge in [-0.3, -0.25) is 0 Å². The lowest BCUT2D eigenvalue weighted by molar-refractivity contribution is 0.416. The summed E-state index contributed by atoms with van der Waals surface area (Å²) in [7, 11) is 0. The molecule has 1 aromatic carbocycles. The van der Waals surface area contributed by atoms with Crippen LogP contribution in [0.15, 0.2) is 60.1 Å². The number of aliphatic hydroxyl groups excluding tert-OH is 1. The van der Waals surface area contributed by atoms with Crippen molar-refractivity contribution in [1.29, 1.82) is 0 Å². The van der Waals surface area contributed by atoms with Crippen LogP contribution < -0.4 is 10.5 Å². The van der Waals surface area contributed by atoms with Crippen LogP contribution in [0.3, 0.4) is 0 Å². The van der Waals surface area contributed by atoms with Gasteiger partial charge in [0, 0.05) is 12.1 Å². The highest BCUT2D eigenvalue weighted by Crippen LogP contribution is 2.19. The molecule has 0 atom stereocenters. The van der Waals surface area contributed by atoms with Crippen LogP contribution in [0.25, 0.3) is 0 Å². The maximum absolute atomic E-state index is 9.27. The van der Waals surface area contributed by atoms with Crippen LogP contribution in [-0.2, 0) is 0 Å². The summed E-state index contributed by atoms with van der Waals surface area (Å²) in [4.78, 5) is 0. The first kappa shape index (κ1) is 10.4. The van der Waals surface area contributed by atoms with Crippen molar-refractivity contribution in [1.82, 2.24) is 0 Å². The van der Waals surface area contributed by atoms with Crippen molar-refractivity contribution in [2.75, 3.05) is 5.73 Å². The predicted octanol–water partition coefficient (Wildman–Crippen LogP) is 2.93. The molecule has 1 aliphatic rings. The van der Waals surface area contributed by atoms with Crippen molar-refractivity contribution in [3.8, 4) is 5.75 Å². The minimum Gasteiger partial charge on any atom is -0.508 e. The fraction of sp³-hybridized carbons (Fsp3) is 0.0769. The smallest absolute Gasteiger partial charge is 0.127 e. The quantitative estimate of drug-likeness (QED) is 0.746. The third-order valence-electron chi connectivity index (χ3n) is 2.18. The summed E-state index contributed by atoms with van der Waals surface area (Å²) >= 11 is 0. The van der Waals surface area contributed by atoms with Crippen molar-refractivity contribution in [3.05, 3.63) is 60.1 Å². The van der Waals surface area contributed by atoms with Crippen molar-refractivity contribution < 1.29 is 9.84 Å². The Morgan fingerprint density at radius 1 is 1.12 bits per heavy atom. The Morgan fingerprint density at radius 3 is 2.62 bits per heavy atom. The molecule has 0 spiro atoms. The highest BCUT2D eigenvalue weighted by molar-refractivity contribution is 5.42. The zero-order valence-electron chi connectivity index (χ0n) is 8.76. The SMILES string of the molecule is Nc1ccc(OC2=CC=C(O)C=CC2)cc1. The summed E-state index contributed by atoms with van der Waals surface area (Å²) < 4.78 is 5.64. The number of anilines is 1. The minimum absolute atomic E-state index is 0.232. The van der Waals surface area contributed by atoms with Gasteiger partial charge in [-0.2, -0.15) is 0 Å². The molecule has 0 saturated carbocycles. The van der Waals surface area contributed by atoms with Crippen molar-refractivity contribution in [2.24, 2.45) is 0 Å². The maximum atomic E-state index is 9.27. The Hall–Kier alpha value is -2.16. The number of nitrogens with two attached hydrogens (primary N) is 1. The van der Waals surface area contributed by atoms with E-state index < -0.39 is 0 Å². The van der Waals surface area contributed by atoms with Crippen LogP contribution >= 0.6 is 0 Å². The maximum Gasteiger partial charge on any atom is 0.127 e. The molecule has 0 aromatic heterocycles. The van der Waals surface area contributed by atoms with Gasteiger partial charge in [-0.25, -0.2) is 0 Å². The normalized spacial score (nSPS) is 15.0. The largest absolute Gasteiger partial charge is 0.508 e. The van der Waals surface area contributed by atoms with Crippen LogP contribution in [0.4, 0.5) is 5.69 Å². The lowest BCUT2D eigenvalue weighted by Crippen LogP contribution is -1.94. The number of hydrogen-bond donors (Lipinski definition) is 2. The first-order valence-corrected chi connectivity index (χ1v) is 5.04. The van der Waals surface area contributed by atoms with Crippen molar-refractivity contribution >= 4 is 5.69 Å². The van der Waals surface area contributed by atoms with Gasteiger partial charge in [0.05, 0.1) is 0 Å². The second-order valence-corrected chi connectivity index (χ2v) is 3.50. The van der Waals surface area contributed by atoms with E-state index in [0.29, 0.717) is 12.1 Å². The summed E-state index contributed by atoms with van der Waals surface area (Å²) in [6.07, 6.45) is 7.52. The Balaban J connectivity index is 2.10. The van der Waals surface area contributed by atoms with Crippen LogP contribution in [0.1, 0.15) is 6.42 Å². The molecule has 0 heterocycles. The van der Waals surface area contributed by atoms with Crippen molar-refractivity contribution in [2.45, 2.75) is 6.42 Å². The predicted molar refractivity (Wildman–Crippen MR) is 64.0 cm³/mol. The second-order valence-electron chi connectivity index (χ2n) is 3.50. The topological polar surface area (TPSA) is 55.5 Å². The van der Waals surface area contributed by atoms with Crippen LogP contribution in [0, 0.1) is 0 Å². The van der Waals surface area contributed by atoms with E-state index >= 15 is 0 Å². The fourth-order valence-corrected chi connectivity index (χ4v) is 1.36. The summed E-state index contributed by atoms with van der Waals surface area (Å²) in [6.45, 7) is 0. The third kappa shape index (κ3) is 2.67. The zero-order chi connectivity index (χ0) is 11.4. The number of benzene rings is 1. The molecule has 0 aliphatic heterocycles. The third-order valence-corrected chi connectivity index (χ3v) is 2.18. The van der Waals surface area contributed by atoms with Gasteiger partial charge >= 0.3 is 0 Å². The highest BCUT2D eigenvalue weighted by atomic mass is 16.5. The zero-order valence-corrected chi connectivity index (χ0v) is 8.76. The molecule has 0 fully saturated rings. The Kier molecular flexibility index (Phi) is 2.96. The Bertz CT molecular complexity index is 455. The van der Waals surface area contributed by atoms with Gasteiger partial charge < -0.3 is 15.6 Å². The van der Waals surface area contributed by atoms with E-state index in [9.17, 15) is 5.11 Å². The molecule has 82 valence electrons. The van der Waals surface area contributed by atoms with E-state index in [4.69, 9.17) is 10.5 Å². The summed E-state index contributed by atoms with van der Waals surface area (Å²) in [5.41, 5.74) is 6.29. The summed E-state index contributed by atoms with van der Waals surface area (Å²) in [6, 6.07) is 7.20. The lowest BCUT2D eigenvalue weighted by Gasteiger charge is -2.07. The molecule has 0 radical (unpaired) electrons. The summed E-state index contributed by atoms with van der Waals surface area (Å²) in [5, 5.41) is 9.27. The number of aliphatic hydroxyl groups is 1. The van der Waals surface area contributed by atoms with Gasteiger partial charge in [0.25, 0.3) is 0 Å². The molecule has 1 aromatic rings.